The SMILES string of the molecule is Cc1ccc(CNC(=O)c2nnc(CSc3nc4ccccc4c(=O)n3C(C)C)s2)cc1. The van der Waals surface area contributed by atoms with Gasteiger partial charge in [-0.25, -0.2) is 4.98 Å². The van der Waals surface area contributed by atoms with Crippen LogP contribution in [0.5, 0.6) is 0 Å². The topological polar surface area (TPSA) is 89.8 Å². The highest BCUT2D eigenvalue weighted by atomic mass is 32.2. The van der Waals surface area contributed by atoms with Crippen LogP contribution in [0.2, 0.25) is 0 Å². The van der Waals surface area contributed by atoms with Crippen molar-refractivity contribution in [3.63, 3.8) is 0 Å². The van der Waals surface area contributed by atoms with Gasteiger partial charge < -0.3 is 5.32 Å². The molecule has 4 rings (SSSR count). The molecule has 0 radical (unpaired) electrons. The smallest absolute Gasteiger partial charge is 0.282 e. The number of nitrogens with zero attached hydrogens (tertiary/aromatic N) is 4. The third-order valence-electron chi connectivity index (χ3n) is 4.85. The van der Waals surface area contributed by atoms with Crippen LogP contribution in [0.25, 0.3) is 10.9 Å². The highest BCUT2D eigenvalue weighted by Gasteiger charge is 2.16. The second-order valence-electron chi connectivity index (χ2n) is 7.64. The summed E-state index contributed by atoms with van der Waals surface area (Å²) < 4.78 is 1.70. The molecule has 0 atom stereocenters. The maximum absolute atomic E-state index is 12.9. The van der Waals surface area contributed by atoms with Gasteiger partial charge in [0.1, 0.15) is 5.01 Å². The fraction of sp³-hybridized carbons (Fsp3) is 0.261. The Morgan fingerprint density at radius 1 is 1.12 bits per heavy atom. The summed E-state index contributed by atoms with van der Waals surface area (Å²) in [5.74, 6) is 0.225. The molecule has 2 aromatic carbocycles. The summed E-state index contributed by atoms with van der Waals surface area (Å²) in [6.45, 7) is 6.38. The Hall–Kier alpha value is -3.04. The molecule has 4 aromatic rings. The number of fused-ring (bicyclic) bond motifs is 1. The zero-order chi connectivity index (χ0) is 22.7. The van der Waals surface area contributed by atoms with E-state index in [1.165, 1.54) is 28.7 Å². The lowest BCUT2D eigenvalue weighted by Gasteiger charge is -2.15. The number of aromatic nitrogens is 4. The molecule has 0 fully saturated rings. The summed E-state index contributed by atoms with van der Waals surface area (Å²) in [6, 6.07) is 15.3. The van der Waals surface area contributed by atoms with E-state index >= 15 is 0 Å². The molecule has 1 N–H and O–H groups in total. The molecule has 164 valence electrons. The number of thioether (sulfide) groups is 1. The van der Waals surface area contributed by atoms with Crippen molar-refractivity contribution in [3.05, 3.63) is 80.0 Å². The van der Waals surface area contributed by atoms with E-state index in [-0.39, 0.29) is 17.5 Å². The van der Waals surface area contributed by atoms with Crippen molar-refractivity contribution in [1.82, 2.24) is 25.1 Å². The van der Waals surface area contributed by atoms with Gasteiger partial charge in [-0.1, -0.05) is 65.1 Å². The molecule has 0 unspecified atom stereocenters. The van der Waals surface area contributed by atoms with E-state index in [9.17, 15) is 9.59 Å². The van der Waals surface area contributed by atoms with Crippen LogP contribution in [-0.2, 0) is 12.3 Å². The third kappa shape index (κ3) is 4.89. The van der Waals surface area contributed by atoms with E-state index in [1.54, 1.807) is 10.6 Å². The van der Waals surface area contributed by atoms with Crippen LogP contribution < -0.4 is 10.9 Å². The minimum absolute atomic E-state index is 0.0281. The summed E-state index contributed by atoms with van der Waals surface area (Å²) in [6.07, 6.45) is 0. The van der Waals surface area contributed by atoms with Gasteiger partial charge in [0, 0.05) is 12.6 Å². The van der Waals surface area contributed by atoms with Gasteiger partial charge in [-0.15, -0.1) is 10.2 Å². The van der Waals surface area contributed by atoms with Gasteiger partial charge in [0.05, 0.1) is 16.7 Å². The minimum atomic E-state index is -0.248. The number of aryl methyl sites for hydroxylation is 1. The second kappa shape index (κ2) is 9.62. The van der Waals surface area contributed by atoms with Gasteiger partial charge in [0.15, 0.2) is 5.16 Å². The Kier molecular flexibility index (Phi) is 6.66. The monoisotopic (exact) mass is 465 g/mol. The van der Waals surface area contributed by atoms with Gasteiger partial charge in [-0.05, 0) is 38.5 Å². The fourth-order valence-corrected chi connectivity index (χ4v) is 5.05. The summed E-state index contributed by atoms with van der Waals surface area (Å²) in [5.41, 5.74) is 2.82. The molecule has 1 amide bonds. The molecule has 0 saturated heterocycles. The van der Waals surface area contributed by atoms with Gasteiger partial charge in [-0.3, -0.25) is 14.2 Å². The first-order valence-electron chi connectivity index (χ1n) is 10.2. The Balaban J connectivity index is 1.45. The van der Waals surface area contributed by atoms with Crippen molar-refractivity contribution in [3.8, 4) is 0 Å². The van der Waals surface area contributed by atoms with Crippen molar-refractivity contribution < 1.29 is 4.79 Å². The van der Waals surface area contributed by atoms with Crippen molar-refractivity contribution in [1.29, 1.82) is 0 Å². The highest BCUT2D eigenvalue weighted by molar-refractivity contribution is 7.98. The lowest BCUT2D eigenvalue weighted by atomic mass is 10.1. The number of nitrogens with one attached hydrogen (secondary N) is 1. The maximum Gasteiger partial charge on any atom is 0.282 e. The number of hydrogen-bond donors (Lipinski definition) is 1. The molecule has 2 heterocycles. The molecule has 2 aromatic heterocycles. The van der Waals surface area contributed by atoms with E-state index in [1.807, 2.05) is 63.2 Å². The van der Waals surface area contributed by atoms with E-state index < -0.39 is 0 Å². The average Bonchev–Trinajstić information content (AvgIpc) is 3.26. The Labute approximate surface area is 193 Å². The second-order valence-corrected chi connectivity index (χ2v) is 9.64. The van der Waals surface area contributed by atoms with Crippen LogP contribution >= 0.6 is 23.1 Å². The van der Waals surface area contributed by atoms with Crippen LogP contribution in [0.1, 0.15) is 45.8 Å². The number of carbonyl (C=O) groups is 1. The fourth-order valence-electron chi connectivity index (χ4n) is 3.18. The first kappa shape index (κ1) is 22.2. The minimum Gasteiger partial charge on any atom is -0.346 e. The molecule has 0 aliphatic carbocycles. The molecule has 32 heavy (non-hydrogen) atoms. The van der Waals surface area contributed by atoms with Crippen LogP contribution in [-0.4, -0.2) is 25.7 Å². The predicted octanol–water partition coefficient (Wildman–Crippen LogP) is 4.36. The molecule has 7 nitrogen and oxygen atoms in total. The number of para-hydroxylation sites is 1. The van der Waals surface area contributed by atoms with Crippen LogP contribution in [0, 0.1) is 6.92 Å². The first-order valence-corrected chi connectivity index (χ1v) is 12.0. The molecule has 0 bridgehead atoms. The maximum atomic E-state index is 12.9. The average molecular weight is 466 g/mol. The highest BCUT2D eigenvalue weighted by Crippen LogP contribution is 2.25. The Morgan fingerprint density at radius 2 is 1.88 bits per heavy atom. The predicted molar refractivity (Wildman–Crippen MR) is 128 cm³/mol. The molecule has 0 aliphatic rings. The number of hydrogen-bond acceptors (Lipinski definition) is 7. The molecule has 9 heteroatoms. The van der Waals surface area contributed by atoms with Crippen LogP contribution in [0.3, 0.4) is 0 Å². The zero-order valence-electron chi connectivity index (χ0n) is 18.0. The van der Waals surface area contributed by atoms with Gasteiger partial charge in [0.25, 0.3) is 11.5 Å². The van der Waals surface area contributed by atoms with Crippen LogP contribution in [0.4, 0.5) is 0 Å². The van der Waals surface area contributed by atoms with E-state index in [0.717, 1.165) is 5.56 Å². The number of benzene rings is 2. The summed E-state index contributed by atoms with van der Waals surface area (Å²) in [4.78, 5) is 30.1. The number of amides is 1. The van der Waals surface area contributed by atoms with Crippen molar-refractivity contribution in [2.24, 2.45) is 0 Å². The van der Waals surface area contributed by atoms with E-state index in [0.29, 0.717) is 38.4 Å². The lowest BCUT2D eigenvalue weighted by Crippen LogP contribution is -2.25. The summed E-state index contributed by atoms with van der Waals surface area (Å²) in [5, 5.41) is 13.3. The molecule has 0 spiro atoms. The number of carbonyl (C=O) groups excluding carboxylic acids is 1. The quantitative estimate of drug-likeness (QED) is 0.322. The standard InChI is InChI=1S/C23H23N5O2S2/c1-14(2)28-22(30)17-6-4-5-7-18(17)25-23(28)31-13-19-26-27-21(32-19)20(29)24-12-16-10-8-15(3)9-11-16/h4-11,14H,12-13H2,1-3H3,(H,24,29). The van der Waals surface area contributed by atoms with Crippen molar-refractivity contribution in [2.45, 2.75) is 44.3 Å². The summed E-state index contributed by atoms with van der Waals surface area (Å²) >= 11 is 2.67. The molecular formula is C23H23N5O2S2. The largest absolute Gasteiger partial charge is 0.346 e. The van der Waals surface area contributed by atoms with E-state index in [4.69, 9.17) is 0 Å². The van der Waals surface area contributed by atoms with E-state index in [2.05, 4.69) is 20.5 Å². The van der Waals surface area contributed by atoms with Gasteiger partial charge in [-0.2, -0.15) is 0 Å². The van der Waals surface area contributed by atoms with Gasteiger partial charge >= 0.3 is 0 Å². The Bertz CT molecular complexity index is 1310. The summed E-state index contributed by atoms with van der Waals surface area (Å²) in [7, 11) is 0. The zero-order valence-corrected chi connectivity index (χ0v) is 19.7. The Morgan fingerprint density at radius 3 is 2.62 bits per heavy atom. The lowest BCUT2D eigenvalue weighted by molar-refractivity contribution is 0.0950. The molecule has 0 aliphatic heterocycles. The number of rotatable bonds is 7. The molecule has 0 saturated carbocycles. The normalized spacial score (nSPS) is 11.2. The van der Waals surface area contributed by atoms with Gasteiger partial charge in [0.2, 0.25) is 5.01 Å². The molecular weight excluding hydrogens is 442 g/mol. The third-order valence-corrected chi connectivity index (χ3v) is 6.92. The first-order chi connectivity index (χ1) is 15.4. The van der Waals surface area contributed by atoms with Crippen molar-refractivity contribution in [2.75, 3.05) is 0 Å². The van der Waals surface area contributed by atoms with Crippen LogP contribution in [0.15, 0.2) is 58.5 Å². The van der Waals surface area contributed by atoms with Crippen molar-refractivity contribution >= 4 is 39.9 Å².